The lowest BCUT2D eigenvalue weighted by Gasteiger charge is -2.11. The van der Waals surface area contributed by atoms with Crippen LogP contribution in [-0.4, -0.2) is 11.4 Å². The van der Waals surface area contributed by atoms with Gasteiger partial charge in [-0.2, -0.15) is 13.2 Å². The Kier molecular flexibility index (Phi) is 3.67. The molecular weight excluding hydrogens is 331 g/mol. The first-order valence-corrected chi connectivity index (χ1v) is 7.63. The minimum atomic E-state index is -4.33. The van der Waals surface area contributed by atoms with Gasteiger partial charge < -0.3 is 14.0 Å². The van der Waals surface area contributed by atoms with Gasteiger partial charge in [0.05, 0.1) is 5.56 Å². The van der Waals surface area contributed by atoms with Crippen LogP contribution in [0.4, 0.5) is 13.2 Å². The van der Waals surface area contributed by atoms with Gasteiger partial charge >= 0.3 is 6.18 Å². The van der Waals surface area contributed by atoms with E-state index in [4.69, 9.17) is 9.47 Å². The summed E-state index contributed by atoms with van der Waals surface area (Å²) in [5, 5.41) is 0. The highest BCUT2D eigenvalue weighted by atomic mass is 19.4. The molecule has 2 aromatic carbocycles. The highest BCUT2D eigenvalue weighted by molar-refractivity contribution is 5.60. The van der Waals surface area contributed by atoms with E-state index in [9.17, 15) is 13.2 Å². The number of alkyl halides is 3. The quantitative estimate of drug-likeness (QED) is 0.684. The molecule has 0 amide bonds. The average molecular weight is 344 g/mol. The number of halogens is 3. The van der Waals surface area contributed by atoms with Gasteiger partial charge in [0, 0.05) is 24.5 Å². The van der Waals surface area contributed by atoms with Crippen molar-refractivity contribution in [1.29, 1.82) is 0 Å². The van der Waals surface area contributed by atoms with Crippen LogP contribution in [0.25, 0.3) is 11.3 Å². The molecule has 1 radical (unpaired) electrons. The van der Waals surface area contributed by atoms with Crippen LogP contribution in [0.1, 0.15) is 11.1 Å². The molecule has 3 aromatic rings. The molecule has 4 rings (SSSR count). The van der Waals surface area contributed by atoms with E-state index in [0.717, 1.165) is 23.4 Å². The van der Waals surface area contributed by atoms with Crippen molar-refractivity contribution in [2.24, 2.45) is 0 Å². The van der Waals surface area contributed by atoms with Crippen molar-refractivity contribution in [3.05, 3.63) is 71.9 Å². The summed E-state index contributed by atoms with van der Waals surface area (Å²) < 4.78 is 50.7. The van der Waals surface area contributed by atoms with Crippen LogP contribution in [0.3, 0.4) is 0 Å². The maximum Gasteiger partial charge on any atom is 0.416 e. The second kappa shape index (κ2) is 5.88. The molecule has 1 aliphatic rings. The molecule has 127 valence electrons. The van der Waals surface area contributed by atoms with Crippen LogP contribution < -0.4 is 9.47 Å². The number of hydrogen-bond donors (Lipinski definition) is 0. The predicted octanol–water partition coefficient (Wildman–Crippen LogP) is 4.75. The van der Waals surface area contributed by atoms with Crippen LogP contribution in [0.15, 0.2) is 54.7 Å². The fourth-order valence-electron chi connectivity index (χ4n) is 2.80. The Balaban J connectivity index is 1.60. The summed E-state index contributed by atoms with van der Waals surface area (Å²) in [6.45, 7) is 0.767. The van der Waals surface area contributed by atoms with Crippen molar-refractivity contribution < 1.29 is 22.6 Å². The third-order valence-electron chi connectivity index (χ3n) is 4.06. The molecule has 2 heterocycles. The lowest BCUT2D eigenvalue weighted by Crippen LogP contribution is -2.04. The monoisotopic (exact) mass is 344 g/mol. The second-order valence-corrected chi connectivity index (χ2v) is 5.72. The van der Waals surface area contributed by atoms with E-state index in [-0.39, 0.29) is 6.79 Å². The van der Waals surface area contributed by atoms with Gasteiger partial charge in [0.25, 0.3) is 0 Å². The number of nitrogens with zero attached hydrogens (tertiary/aromatic N) is 1. The number of hydrogen-bond acceptors (Lipinski definition) is 2. The molecule has 0 fully saturated rings. The smallest absolute Gasteiger partial charge is 0.416 e. The van der Waals surface area contributed by atoms with Crippen molar-refractivity contribution in [3.8, 4) is 22.8 Å². The molecule has 0 spiro atoms. The fourth-order valence-corrected chi connectivity index (χ4v) is 2.80. The van der Waals surface area contributed by atoms with Crippen LogP contribution in [0.2, 0.25) is 0 Å². The summed E-state index contributed by atoms with van der Waals surface area (Å²) >= 11 is 0. The van der Waals surface area contributed by atoms with Crippen LogP contribution >= 0.6 is 0 Å². The van der Waals surface area contributed by atoms with Gasteiger partial charge in [-0.1, -0.05) is 18.2 Å². The first-order valence-electron chi connectivity index (χ1n) is 7.63. The van der Waals surface area contributed by atoms with E-state index in [2.05, 4.69) is 6.07 Å². The normalized spacial score (nSPS) is 13.2. The summed E-state index contributed by atoms with van der Waals surface area (Å²) in [6.07, 6.45) is -2.56. The van der Waals surface area contributed by atoms with Crippen LogP contribution in [-0.2, 0) is 12.7 Å². The van der Waals surface area contributed by atoms with Crippen molar-refractivity contribution in [1.82, 2.24) is 4.57 Å². The highest BCUT2D eigenvalue weighted by Crippen LogP contribution is 2.34. The largest absolute Gasteiger partial charge is 0.454 e. The average Bonchev–Trinajstić information content (AvgIpc) is 3.23. The number of ether oxygens (including phenoxy) is 2. The number of rotatable bonds is 3. The predicted molar refractivity (Wildman–Crippen MR) is 85.4 cm³/mol. The molecule has 25 heavy (non-hydrogen) atoms. The Morgan fingerprint density at radius 1 is 1.00 bits per heavy atom. The highest BCUT2D eigenvalue weighted by Gasteiger charge is 2.30. The lowest BCUT2D eigenvalue weighted by molar-refractivity contribution is -0.137. The Morgan fingerprint density at radius 2 is 1.76 bits per heavy atom. The number of fused-ring (bicyclic) bond motifs is 1. The minimum Gasteiger partial charge on any atom is -0.454 e. The van der Waals surface area contributed by atoms with E-state index in [0.29, 0.717) is 23.6 Å². The van der Waals surface area contributed by atoms with Gasteiger partial charge in [0.2, 0.25) is 6.79 Å². The van der Waals surface area contributed by atoms with Crippen LogP contribution in [0.5, 0.6) is 11.5 Å². The van der Waals surface area contributed by atoms with E-state index in [1.165, 1.54) is 12.1 Å². The third kappa shape index (κ3) is 3.07. The molecule has 1 aliphatic heterocycles. The Bertz CT molecular complexity index is 898. The van der Waals surface area contributed by atoms with Crippen molar-refractivity contribution in [2.45, 2.75) is 12.7 Å². The first kappa shape index (κ1) is 15.6. The molecule has 0 N–H and O–H groups in total. The van der Waals surface area contributed by atoms with Gasteiger partial charge in [0.15, 0.2) is 11.5 Å². The van der Waals surface area contributed by atoms with E-state index in [1.54, 1.807) is 12.3 Å². The van der Waals surface area contributed by atoms with Gasteiger partial charge in [-0.15, -0.1) is 0 Å². The molecule has 0 saturated carbocycles. The SMILES string of the molecule is FC(F)(F)c1ccc(-c2c[c]cn2Cc2ccc3c(c2)OCO3)cc1. The van der Waals surface area contributed by atoms with Crippen LogP contribution in [0, 0.1) is 6.07 Å². The number of benzene rings is 2. The molecule has 6 heteroatoms. The molecule has 0 aliphatic carbocycles. The van der Waals surface area contributed by atoms with Crippen molar-refractivity contribution in [3.63, 3.8) is 0 Å². The second-order valence-electron chi connectivity index (χ2n) is 5.72. The first-order chi connectivity index (χ1) is 12.0. The fraction of sp³-hybridized carbons (Fsp3) is 0.158. The molecule has 0 atom stereocenters. The third-order valence-corrected chi connectivity index (χ3v) is 4.06. The zero-order valence-corrected chi connectivity index (χ0v) is 13.0. The van der Waals surface area contributed by atoms with Crippen molar-refractivity contribution >= 4 is 0 Å². The Morgan fingerprint density at radius 3 is 2.52 bits per heavy atom. The summed E-state index contributed by atoms with van der Waals surface area (Å²) in [5.41, 5.74) is 1.84. The molecule has 0 saturated heterocycles. The van der Waals surface area contributed by atoms with Gasteiger partial charge in [-0.25, -0.2) is 0 Å². The van der Waals surface area contributed by atoms with E-state index < -0.39 is 11.7 Å². The van der Waals surface area contributed by atoms with E-state index >= 15 is 0 Å². The maximum atomic E-state index is 12.7. The van der Waals surface area contributed by atoms with Gasteiger partial charge in [-0.3, -0.25) is 0 Å². The summed E-state index contributed by atoms with van der Waals surface area (Å²) in [7, 11) is 0. The summed E-state index contributed by atoms with van der Waals surface area (Å²) in [5.74, 6) is 1.41. The topological polar surface area (TPSA) is 23.4 Å². The summed E-state index contributed by atoms with van der Waals surface area (Å²) in [4.78, 5) is 0. The minimum absolute atomic E-state index is 0.215. The standard InChI is InChI=1S/C19H13F3NO2/c20-19(21,22)15-6-4-14(5-7-15)16-2-1-9-23(16)11-13-3-8-17-18(10-13)25-12-24-17/h2-10H,11-12H2. The van der Waals surface area contributed by atoms with Gasteiger partial charge in [-0.05, 0) is 41.5 Å². The van der Waals surface area contributed by atoms with Crippen molar-refractivity contribution in [2.75, 3.05) is 6.79 Å². The Hall–Kier alpha value is -2.89. The van der Waals surface area contributed by atoms with Gasteiger partial charge in [0.1, 0.15) is 0 Å². The number of aromatic nitrogens is 1. The lowest BCUT2D eigenvalue weighted by atomic mass is 10.1. The zero-order chi connectivity index (χ0) is 17.4. The molecule has 0 unspecified atom stereocenters. The molecule has 3 nitrogen and oxygen atoms in total. The summed E-state index contributed by atoms with van der Waals surface area (Å²) in [6, 6.07) is 15.6. The van der Waals surface area contributed by atoms with E-state index in [1.807, 2.05) is 22.8 Å². The zero-order valence-electron chi connectivity index (χ0n) is 13.0. The molecular formula is C19H13F3NO2. The Labute approximate surface area is 142 Å². The molecule has 1 aromatic heterocycles. The molecule has 0 bridgehead atoms. The maximum absolute atomic E-state index is 12.7.